The second-order valence-corrected chi connectivity index (χ2v) is 11.8. The van der Waals surface area contributed by atoms with E-state index in [9.17, 15) is 27.5 Å². The highest BCUT2D eigenvalue weighted by molar-refractivity contribution is 7.85. The van der Waals surface area contributed by atoms with Gasteiger partial charge in [0, 0.05) is 38.2 Å². The van der Waals surface area contributed by atoms with Crippen LogP contribution in [0.3, 0.4) is 0 Å². The van der Waals surface area contributed by atoms with Crippen molar-refractivity contribution in [1.29, 1.82) is 0 Å². The van der Waals surface area contributed by atoms with E-state index in [1.54, 1.807) is 9.47 Å². The molecule has 0 aromatic carbocycles. The monoisotopic (exact) mass is 630 g/mol. The highest BCUT2D eigenvalue weighted by Gasteiger charge is 2.33. The van der Waals surface area contributed by atoms with Gasteiger partial charge in [-0.2, -0.15) is 8.42 Å². The largest absolute Gasteiger partial charge is 0.481 e. The number of pyridine rings is 2. The summed E-state index contributed by atoms with van der Waals surface area (Å²) in [5.41, 5.74) is 5.65. The molecule has 3 fully saturated rings. The topological polar surface area (TPSA) is 218 Å². The number of nitrogens with zero attached hydrogens (tertiary/aromatic N) is 5. The van der Waals surface area contributed by atoms with Gasteiger partial charge in [-0.25, -0.2) is 14.2 Å². The van der Waals surface area contributed by atoms with Gasteiger partial charge in [0.25, 0.3) is 16.1 Å². The lowest BCUT2D eigenvalue weighted by Gasteiger charge is -2.19. The minimum atomic E-state index is -3.67. The number of hydrogen-bond donors (Lipinski definition) is 4. The highest BCUT2D eigenvalue weighted by atomic mass is 32.2. The molecule has 1 unspecified atom stereocenters. The van der Waals surface area contributed by atoms with Crippen molar-refractivity contribution in [3.05, 3.63) is 33.9 Å². The summed E-state index contributed by atoms with van der Waals surface area (Å²) in [6, 6.07) is 1.14. The third-order valence-corrected chi connectivity index (χ3v) is 6.50. The average Bonchev–Trinajstić information content (AvgIpc) is 3.48. The number of aliphatic carboxylic acids is 1. The van der Waals surface area contributed by atoms with Crippen LogP contribution in [0, 0.1) is 11.7 Å². The third-order valence-electron chi connectivity index (χ3n) is 6.50. The number of oxime groups is 1. The van der Waals surface area contributed by atoms with Crippen molar-refractivity contribution in [2.45, 2.75) is 38.6 Å². The van der Waals surface area contributed by atoms with E-state index >= 15 is 0 Å². The Morgan fingerprint density at radius 1 is 1.23 bits per heavy atom. The lowest BCUT2D eigenvalue weighted by atomic mass is 10.1. The number of fused-ring (bicyclic) bond motifs is 1. The van der Waals surface area contributed by atoms with Crippen molar-refractivity contribution in [2.75, 3.05) is 58.0 Å². The maximum absolute atomic E-state index is 14.9. The van der Waals surface area contributed by atoms with Crippen LogP contribution in [0.25, 0.3) is 11.0 Å². The van der Waals surface area contributed by atoms with Gasteiger partial charge in [-0.15, -0.1) is 0 Å². The average molecular weight is 631 g/mol. The Morgan fingerprint density at radius 2 is 1.79 bits per heavy atom. The molecular formula is C26H39FN6O9S. The molecule has 0 bridgehead atoms. The zero-order valence-electron chi connectivity index (χ0n) is 24.6. The fourth-order valence-electron chi connectivity index (χ4n) is 4.47. The molecule has 2 aliphatic heterocycles. The second kappa shape index (κ2) is 15.7. The van der Waals surface area contributed by atoms with Crippen molar-refractivity contribution < 1.29 is 42.0 Å². The van der Waals surface area contributed by atoms with Crippen molar-refractivity contribution in [3.63, 3.8) is 0 Å². The molecule has 2 saturated heterocycles. The van der Waals surface area contributed by atoms with Crippen LogP contribution in [0.15, 0.2) is 22.2 Å². The van der Waals surface area contributed by atoms with E-state index in [0.29, 0.717) is 31.6 Å². The molecule has 2 aromatic heterocycles. The van der Waals surface area contributed by atoms with Crippen LogP contribution >= 0.6 is 0 Å². The fourth-order valence-corrected chi connectivity index (χ4v) is 4.47. The van der Waals surface area contributed by atoms with E-state index in [2.05, 4.69) is 22.1 Å². The Bertz CT molecular complexity index is 1480. The molecule has 17 heteroatoms. The summed E-state index contributed by atoms with van der Waals surface area (Å²) in [5.74, 6) is -2.86. The Morgan fingerprint density at radius 3 is 2.21 bits per heavy atom. The summed E-state index contributed by atoms with van der Waals surface area (Å²) in [5, 5.41) is 20.7. The van der Waals surface area contributed by atoms with Crippen LogP contribution in [0.1, 0.15) is 49.0 Å². The molecule has 2 aromatic rings. The number of carboxylic acids is 2. The number of nitrogens with two attached hydrogens (primary N) is 1. The summed E-state index contributed by atoms with van der Waals surface area (Å²) < 4.78 is 42.4. The molecule has 3 aliphatic rings. The Labute approximate surface area is 248 Å². The van der Waals surface area contributed by atoms with E-state index in [1.807, 2.05) is 0 Å². The number of aromatic nitrogens is 2. The molecule has 240 valence electrons. The molecule has 0 amide bonds. The Balaban J connectivity index is 0.000000354. The molecule has 43 heavy (non-hydrogen) atoms. The number of anilines is 1. The number of likely N-dealkylation sites (tertiary alicyclic amines) is 1. The first kappa shape index (κ1) is 35.5. The number of hydrogen-bond acceptors (Lipinski definition) is 11. The molecular weight excluding hydrogens is 591 g/mol. The van der Waals surface area contributed by atoms with Gasteiger partial charge in [-0.05, 0) is 51.9 Å². The van der Waals surface area contributed by atoms with Crippen molar-refractivity contribution >= 4 is 44.6 Å². The predicted octanol–water partition coefficient (Wildman–Crippen LogP) is 1.27. The summed E-state index contributed by atoms with van der Waals surface area (Å²) in [6.45, 7) is 4.80. The zero-order valence-corrected chi connectivity index (χ0v) is 25.4. The van der Waals surface area contributed by atoms with Crippen molar-refractivity contribution in [3.8, 4) is 0 Å². The molecule has 5 N–H and O–H groups in total. The summed E-state index contributed by atoms with van der Waals surface area (Å²) in [6.07, 6.45) is 6.56. The van der Waals surface area contributed by atoms with Gasteiger partial charge in [-0.1, -0.05) is 5.16 Å². The van der Waals surface area contributed by atoms with E-state index in [4.69, 9.17) is 25.0 Å². The fraction of sp³-hybridized carbons (Fsp3) is 0.577. The first-order valence-electron chi connectivity index (χ1n) is 13.4. The summed E-state index contributed by atoms with van der Waals surface area (Å²) >= 11 is 0. The molecule has 0 spiro atoms. The Hall–Kier alpha value is -3.67. The number of carboxylic acid groups (broad SMARTS) is 2. The number of aromatic carboxylic acids is 1. The maximum atomic E-state index is 14.9. The van der Waals surface area contributed by atoms with Gasteiger partial charge in [0.15, 0.2) is 11.6 Å². The number of halogens is 1. The van der Waals surface area contributed by atoms with Crippen LogP contribution in [0.2, 0.25) is 0 Å². The van der Waals surface area contributed by atoms with E-state index < -0.39 is 33.3 Å². The zero-order chi connectivity index (χ0) is 32.5. The summed E-state index contributed by atoms with van der Waals surface area (Å²) in [4.78, 5) is 46.3. The SMILES string of the molecule is CC(=O)O.CN1CCCC1.CO/N=C1\CN(c2nc3c(cc2F)c(=O)c(C(=O)O)cn3C2CC2)CC1CN.CS(=O)(=O)O. The second-order valence-electron chi connectivity index (χ2n) is 10.3. The van der Waals surface area contributed by atoms with Crippen LogP contribution in [0.5, 0.6) is 0 Å². The van der Waals surface area contributed by atoms with Crippen molar-refractivity contribution in [1.82, 2.24) is 14.5 Å². The van der Waals surface area contributed by atoms with Gasteiger partial charge in [0.2, 0.25) is 5.43 Å². The van der Waals surface area contributed by atoms with Gasteiger partial charge in [0.1, 0.15) is 18.3 Å². The molecule has 0 radical (unpaired) electrons. The third kappa shape index (κ3) is 11.2. The summed E-state index contributed by atoms with van der Waals surface area (Å²) in [7, 11) is -0.0561. The number of rotatable bonds is 5. The van der Waals surface area contributed by atoms with Crippen LogP contribution in [-0.4, -0.2) is 108 Å². The van der Waals surface area contributed by atoms with Crippen LogP contribution < -0.4 is 16.1 Å². The van der Waals surface area contributed by atoms with Crippen LogP contribution in [0.4, 0.5) is 10.2 Å². The van der Waals surface area contributed by atoms with Crippen LogP contribution in [-0.2, 0) is 19.8 Å². The first-order valence-corrected chi connectivity index (χ1v) is 15.3. The molecule has 1 atom stereocenters. The highest BCUT2D eigenvalue weighted by Crippen LogP contribution is 2.37. The van der Waals surface area contributed by atoms with Gasteiger partial charge in [0.05, 0.1) is 23.9 Å². The minimum Gasteiger partial charge on any atom is -0.481 e. The minimum absolute atomic E-state index is 0.0339. The first-order chi connectivity index (χ1) is 20.1. The van der Waals surface area contributed by atoms with E-state index in [-0.39, 0.29) is 34.4 Å². The maximum Gasteiger partial charge on any atom is 0.341 e. The predicted molar refractivity (Wildman–Crippen MR) is 158 cm³/mol. The molecule has 4 heterocycles. The smallest absolute Gasteiger partial charge is 0.341 e. The van der Waals surface area contributed by atoms with E-state index in [1.165, 1.54) is 39.2 Å². The van der Waals surface area contributed by atoms with E-state index in [0.717, 1.165) is 25.8 Å². The lowest BCUT2D eigenvalue weighted by Crippen LogP contribution is -2.26. The van der Waals surface area contributed by atoms with Crippen molar-refractivity contribution in [2.24, 2.45) is 16.8 Å². The standard InChI is InChI=1S/C18H20FN5O4.C5H11N.C2H4O2.CH4O3S/c1-28-22-14-8-23(6-9(14)5-20)17-13(19)4-11-15(25)12(18(26)27)7-24(10-2-3-10)16(11)21-17;1-6-4-2-3-5-6;1-2(3)4;1-5(2,3)4/h4,7,9-10H,2-3,5-6,8,20H2,1H3,(H,26,27);2-5H2,1H3;1H3,(H,3,4);1H3,(H,2,3,4)/b22-14+;;;. The van der Waals surface area contributed by atoms with Gasteiger partial charge in [-0.3, -0.25) is 14.1 Å². The quantitative estimate of drug-likeness (QED) is 0.271. The van der Waals surface area contributed by atoms with Gasteiger partial charge < -0.3 is 35.2 Å². The molecule has 5 rings (SSSR count). The normalized spacial score (nSPS) is 19.1. The number of carbonyl (C=O) groups is 2. The molecule has 1 saturated carbocycles. The molecule has 15 nitrogen and oxygen atoms in total. The van der Waals surface area contributed by atoms with Gasteiger partial charge >= 0.3 is 5.97 Å². The molecule has 1 aliphatic carbocycles. The Kier molecular flexibility index (Phi) is 13.0. The lowest BCUT2D eigenvalue weighted by molar-refractivity contribution is -0.134.